The van der Waals surface area contributed by atoms with Gasteiger partial charge >= 0.3 is 0 Å². The normalized spacial score (nSPS) is 13.1. The molecular weight excluding hydrogens is 244 g/mol. The van der Waals surface area contributed by atoms with Crippen molar-refractivity contribution in [2.75, 3.05) is 5.73 Å². The van der Waals surface area contributed by atoms with E-state index in [1.807, 2.05) is 0 Å². The highest BCUT2D eigenvalue weighted by molar-refractivity contribution is 9.10. The maximum Gasteiger partial charge on any atom is 0.181 e. The van der Waals surface area contributed by atoms with E-state index in [1.54, 1.807) is 0 Å². The lowest BCUT2D eigenvalue weighted by Crippen LogP contribution is -1.96. The highest BCUT2D eigenvalue weighted by atomic mass is 79.9. The molecule has 80 valence electrons. The highest BCUT2D eigenvalue weighted by Crippen LogP contribution is 2.34. The van der Waals surface area contributed by atoms with Crippen LogP contribution in [0.2, 0.25) is 0 Å². The van der Waals surface area contributed by atoms with Gasteiger partial charge in [-0.1, -0.05) is 31.8 Å². The summed E-state index contributed by atoms with van der Waals surface area (Å²) >= 11 is 3.40. The van der Waals surface area contributed by atoms with Gasteiger partial charge in [-0.2, -0.15) is 0 Å². The first-order valence-electron chi connectivity index (χ1n) is 5.11. The predicted octanol–water partition coefficient (Wildman–Crippen LogP) is 3.70. The van der Waals surface area contributed by atoms with Crippen molar-refractivity contribution in [2.24, 2.45) is 0 Å². The van der Waals surface area contributed by atoms with E-state index in [0.717, 1.165) is 23.1 Å². The molecule has 0 saturated carbocycles. The summed E-state index contributed by atoms with van der Waals surface area (Å²) < 4.78 is 6.06. The topological polar surface area (TPSA) is 52.0 Å². The van der Waals surface area contributed by atoms with Crippen molar-refractivity contribution in [3.05, 3.63) is 10.2 Å². The molecule has 0 aromatic carbocycles. The minimum Gasteiger partial charge on any atom is -0.380 e. The Hall–Kier alpha value is -0.510. The molecule has 0 aliphatic heterocycles. The highest BCUT2D eigenvalue weighted by Gasteiger charge is 2.19. The molecule has 0 aliphatic carbocycles. The Balaban J connectivity index is 2.73. The third-order valence-electron chi connectivity index (χ3n) is 2.45. The van der Waals surface area contributed by atoms with Crippen LogP contribution in [0.25, 0.3) is 0 Å². The summed E-state index contributed by atoms with van der Waals surface area (Å²) in [4.78, 5) is 0. The van der Waals surface area contributed by atoms with Crippen LogP contribution < -0.4 is 5.73 Å². The zero-order valence-corrected chi connectivity index (χ0v) is 10.3. The number of hydrogen-bond acceptors (Lipinski definition) is 3. The zero-order valence-electron chi connectivity index (χ0n) is 8.72. The minimum absolute atomic E-state index is 0.439. The predicted molar refractivity (Wildman–Crippen MR) is 61.2 cm³/mol. The van der Waals surface area contributed by atoms with Crippen LogP contribution in [0.5, 0.6) is 0 Å². The largest absolute Gasteiger partial charge is 0.380 e. The molecule has 0 amide bonds. The van der Waals surface area contributed by atoms with Crippen LogP contribution in [0.3, 0.4) is 0 Å². The van der Waals surface area contributed by atoms with E-state index in [9.17, 15) is 0 Å². The van der Waals surface area contributed by atoms with Crippen molar-refractivity contribution >= 4 is 21.7 Å². The summed E-state index contributed by atoms with van der Waals surface area (Å²) in [6, 6.07) is 0. The summed E-state index contributed by atoms with van der Waals surface area (Å²) in [5.74, 6) is 1.79. The summed E-state index contributed by atoms with van der Waals surface area (Å²) in [6.45, 7) is 4.35. The quantitative estimate of drug-likeness (QED) is 0.879. The Kier molecular flexibility index (Phi) is 4.45. The van der Waals surface area contributed by atoms with E-state index in [2.05, 4.69) is 34.9 Å². The lowest BCUT2D eigenvalue weighted by atomic mass is 9.97. The molecular formula is C10H17BrN2O. The number of unbranched alkanes of at least 4 members (excludes halogenated alkanes) is 1. The van der Waals surface area contributed by atoms with Crippen LogP contribution in [-0.4, -0.2) is 5.16 Å². The Labute approximate surface area is 93.2 Å². The van der Waals surface area contributed by atoms with Gasteiger partial charge in [0.15, 0.2) is 11.6 Å². The van der Waals surface area contributed by atoms with Crippen LogP contribution >= 0.6 is 15.9 Å². The fraction of sp³-hybridized carbons (Fsp3) is 0.700. The Morgan fingerprint density at radius 2 is 2.21 bits per heavy atom. The summed E-state index contributed by atoms with van der Waals surface area (Å²) in [7, 11) is 0. The van der Waals surface area contributed by atoms with Crippen molar-refractivity contribution in [3.63, 3.8) is 0 Å². The number of anilines is 1. The maximum atomic E-state index is 5.61. The van der Waals surface area contributed by atoms with Gasteiger partial charge in [0.2, 0.25) is 0 Å². The molecule has 0 aliphatic rings. The minimum atomic E-state index is 0.439. The number of nitrogens with two attached hydrogens (primary N) is 1. The molecule has 0 spiro atoms. The Morgan fingerprint density at radius 1 is 1.50 bits per heavy atom. The maximum absolute atomic E-state index is 5.61. The number of aromatic nitrogens is 1. The van der Waals surface area contributed by atoms with Crippen molar-refractivity contribution in [1.29, 1.82) is 0 Å². The summed E-state index contributed by atoms with van der Waals surface area (Å²) in [6.07, 6.45) is 4.62. The number of rotatable bonds is 5. The molecule has 1 unspecified atom stereocenters. The van der Waals surface area contributed by atoms with Crippen LogP contribution in [0, 0.1) is 0 Å². The first kappa shape index (κ1) is 11.6. The molecule has 1 rings (SSSR count). The van der Waals surface area contributed by atoms with Gasteiger partial charge in [0, 0.05) is 5.92 Å². The van der Waals surface area contributed by atoms with Gasteiger partial charge in [-0.3, -0.25) is 0 Å². The molecule has 2 N–H and O–H groups in total. The first-order chi connectivity index (χ1) is 6.70. The molecule has 1 aromatic rings. The van der Waals surface area contributed by atoms with Crippen molar-refractivity contribution in [1.82, 2.24) is 5.16 Å². The summed E-state index contributed by atoms with van der Waals surface area (Å²) in [5, 5.41) is 3.75. The molecule has 1 heterocycles. The van der Waals surface area contributed by atoms with Gasteiger partial charge in [-0.15, -0.1) is 0 Å². The second kappa shape index (κ2) is 5.39. The fourth-order valence-electron chi connectivity index (χ4n) is 1.53. The number of nitrogen functional groups attached to an aromatic ring is 1. The smallest absolute Gasteiger partial charge is 0.181 e. The van der Waals surface area contributed by atoms with Crippen LogP contribution in [0.4, 0.5) is 5.82 Å². The van der Waals surface area contributed by atoms with Gasteiger partial charge in [-0.25, -0.2) is 0 Å². The van der Waals surface area contributed by atoms with E-state index in [4.69, 9.17) is 10.3 Å². The third-order valence-corrected chi connectivity index (χ3v) is 3.25. The molecule has 0 fully saturated rings. The second-order valence-corrected chi connectivity index (χ2v) is 4.29. The summed E-state index contributed by atoms with van der Waals surface area (Å²) in [5.41, 5.74) is 5.61. The van der Waals surface area contributed by atoms with Crippen LogP contribution in [0.15, 0.2) is 9.00 Å². The third kappa shape index (κ3) is 2.50. The SMILES string of the molecule is CCCCC(CC)c1onc(N)c1Br. The van der Waals surface area contributed by atoms with Gasteiger partial charge < -0.3 is 10.3 Å². The van der Waals surface area contributed by atoms with E-state index in [-0.39, 0.29) is 0 Å². The van der Waals surface area contributed by atoms with Gasteiger partial charge in [0.1, 0.15) is 4.47 Å². The van der Waals surface area contributed by atoms with Gasteiger partial charge in [0.25, 0.3) is 0 Å². The molecule has 4 heteroatoms. The van der Waals surface area contributed by atoms with Crippen LogP contribution in [-0.2, 0) is 0 Å². The lowest BCUT2D eigenvalue weighted by molar-refractivity contribution is 0.347. The van der Waals surface area contributed by atoms with Crippen LogP contribution in [0.1, 0.15) is 51.2 Å². The number of halogens is 1. The van der Waals surface area contributed by atoms with E-state index in [0.29, 0.717) is 11.7 Å². The van der Waals surface area contributed by atoms with E-state index < -0.39 is 0 Å². The Morgan fingerprint density at radius 3 is 2.64 bits per heavy atom. The lowest BCUT2D eigenvalue weighted by Gasteiger charge is -2.10. The molecule has 0 radical (unpaired) electrons. The molecule has 14 heavy (non-hydrogen) atoms. The number of nitrogens with zero attached hydrogens (tertiary/aromatic N) is 1. The van der Waals surface area contributed by atoms with E-state index >= 15 is 0 Å². The van der Waals surface area contributed by atoms with Crippen molar-refractivity contribution < 1.29 is 4.52 Å². The Bertz CT molecular complexity index is 286. The molecule has 1 aromatic heterocycles. The van der Waals surface area contributed by atoms with Crippen molar-refractivity contribution in [2.45, 2.75) is 45.4 Å². The van der Waals surface area contributed by atoms with E-state index in [1.165, 1.54) is 12.8 Å². The zero-order chi connectivity index (χ0) is 10.6. The van der Waals surface area contributed by atoms with Gasteiger partial charge in [0.05, 0.1) is 0 Å². The fourth-order valence-corrected chi connectivity index (χ4v) is 2.00. The average molecular weight is 261 g/mol. The standard InChI is InChI=1S/C10H17BrN2O/c1-3-5-6-7(4-2)9-8(11)10(12)13-14-9/h7H,3-6H2,1-2H3,(H2,12,13). The molecule has 1 atom stereocenters. The number of hydrogen-bond donors (Lipinski definition) is 1. The molecule has 0 bridgehead atoms. The average Bonchev–Trinajstić information content (AvgIpc) is 2.51. The van der Waals surface area contributed by atoms with Crippen molar-refractivity contribution in [3.8, 4) is 0 Å². The first-order valence-corrected chi connectivity index (χ1v) is 5.90. The molecule has 3 nitrogen and oxygen atoms in total. The molecule has 0 saturated heterocycles. The van der Waals surface area contributed by atoms with Gasteiger partial charge in [-0.05, 0) is 28.8 Å². The monoisotopic (exact) mass is 260 g/mol. The second-order valence-electron chi connectivity index (χ2n) is 3.49.